The number of nitrogens with zero attached hydrogens (tertiary/aromatic N) is 1. The Morgan fingerprint density at radius 2 is 1.95 bits per heavy atom. The number of methoxy groups -OCH3 is 1. The van der Waals surface area contributed by atoms with Crippen LogP contribution in [0.3, 0.4) is 0 Å². The summed E-state index contributed by atoms with van der Waals surface area (Å²) in [7, 11) is 1.68. The van der Waals surface area contributed by atoms with Crippen LogP contribution in [0.25, 0.3) is 0 Å². The molecule has 0 amide bonds. The van der Waals surface area contributed by atoms with Crippen molar-refractivity contribution in [2.75, 3.05) is 20.2 Å². The summed E-state index contributed by atoms with van der Waals surface area (Å²) in [6, 6.07) is 8.76. The molecule has 0 spiro atoms. The molecule has 1 aliphatic carbocycles. The number of aryl methyl sites for hydroxylation is 1. The van der Waals surface area contributed by atoms with Crippen molar-refractivity contribution in [3.05, 3.63) is 29.8 Å². The van der Waals surface area contributed by atoms with Crippen LogP contribution in [0.4, 0.5) is 0 Å². The van der Waals surface area contributed by atoms with Crippen LogP contribution in [0.2, 0.25) is 0 Å². The second-order valence-corrected chi connectivity index (χ2v) is 6.38. The molecule has 4 nitrogen and oxygen atoms in total. The molecule has 1 saturated heterocycles. The van der Waals surface area contributed by atoms with Crippen LogP contribution in [0.5, 0.6) is 5.75 Å². The summed E-state index contributed by atoms with van der Waals surface area (Å²) in [4.78, 5) is 13.4. The maximum Gasteiger partial charge on any atom is 0.307 e. The first kappa shape index (κ1) is 14.4. The molecule has 0 bridgehead atoms. The van der Waals surface area contributed by atoms with E-state index >= 15 is 0 Å². The maximum absolute atomic E-state index is 11.0. The van der Waals surface area contributed by atoms with Crippen molar-refractivity contribution in [3.63, 3.8) is 0 Å². The van der Waals surface area contributed by atoms with E-state index in [1.54, 1.807) is 7.11 Å². The highest BCUT2D eigenvalue weighted by Gasteiger charge is 2.59. The molecule has 1 aliphatic heterocycles. The first-order chi connectivity index (χ1) is 10.1. The Kier molecular flexibility index (Phi) is 3.89. The molecule has 2 unspecified atom stereocenters. The number of hydrogen-bond donors (Lipinski definition) is 1. The number of likely N-dealkylation sites (tertiary alicyclic amines) is 1. The second kappa shape index (κ2) is 5.68. The van der Waals surface area contributed by atoms with E-state index in [-0.39, 0.29) is 5.92 Å². The minimum absolute atomic E-state index is 0.0601. The minimum atomic E-state index is -0.601. The Morgan fingerprint density at radius 1 is 1.33 bits per heavy atom. The van der Waals surface area contributed by atoms with Crippen LogP contribution in [-0.2, 0) is 11.2 Å². The number of carbonyl (C=O) groups is 1. The molecule has 2 aliphatic rings. The lowest BCUT2D eigenvalue weighted by Crippen LogP contribution is -2.34. The summed E-state index contributed by atoms with van der Waals surface area (Å²) in [6.45, 7) is 4.18. The topological polar surface area (TPSA) is 49.8 Å². The van der Waals surface area contributed by atoms with Crippen LogP contribution in [0.15, 0.2) is 24.3 Å². The van der Waals surface area contributed by atoms with Gasteiger partial charge in [-0.05, 0) is 49.3 Å². The minimum Gasteiger partial charge on any atom is -0.497 e. The molecule has 4 heteroatoms. The lowest BCUT2D eigenvalue weighted by atomic mass is 10.0. The summed E-state index contributed by atoms with van der Waals surface area (Å²) in [6.07, 6.45) is 2.17. The van der Waals surface area contributed by atoms with E-state index in [2.05, 4.69) is 24.0 Å². The largest absolute Gasteiger partial charge is 0.497 e. The van der Waals surface area contributed by atoms with Crippen molar-refractivity contribution in [3.8, 4) is 5.75 Å². The van der Waals surface area contributed by atoms with Gasteiger partial charge in [-0.15, -0.1) is 0 Å². The van der Waals surface area contributed by atoms with Crippen LogP contribution in [-0.4, -0.2) is 42.2 Å². The third-order valence-corrected chi connectivity index (χ3v) is 5.14. The van der Waals surface area contributed by atoms with Gasteiger partial charge in [-0.25, -0.2) is 0 Å². The molecule has 0 radical (unpaired) electrons. The van der Waals surface area contributed by atoms with Gasteiger partial charge >= 0.3 is 5.97 Å². The molecule has 1 heterocycles. The van der Waals surface area contributed by atoms with E-state index in [1.807, 2.05) is 12.1 Å². The number of carboxylic acid groups (broad SMARTS) is 1. The van der Waals surface area contributed by atoms with Gasteiger partial charge in [0.25, 0.3) is 0 Å². The summed E-state index contributed by atoms with van der Waals surface area (Å²) in [5, 5.41) is 9.05. The Hall–Kier alpha value is -1.55. The number of piperidine rings is 1. The summed E-state index contributed by atoms with van der Waals surface area (Å²) < 4.78 is 5.17. The predicted molar refractivity (Wildman–Crippen MR) is 80.5 cm³/mol. The number of hydrogen-bond acceptors (Lipinski definition) is 3. The maximum atomic E-state index is 11.0. The van der Waals surface area contributed by atoms with E-state index in [1.165, 1.54) is 5.56 Å². The van der Waals surface area contributed by atoms with E-state index in [0.717, 1.165) is 31.7 Å². The van der Waals surface area contributed by atoms with Crippen molar-refractivity contribution >= 4 is 5.97 Å². The lowest BCUT2D eigenvalue weighted by Gasteiger charge is -2.26. The smallest absolute Gasteiger partial charge is 0.307 e. The third kappa shape index (κ3) is 2.91. The number of benzene rings is 1. The number of fused-ring (bicyclic) bond motifs is 1. The molecule has 1 N–H and O–H groups in total. The molecule has 114 valence electrons. The van der Waals surface area contributed by atoms with Crippen molar-refractivity contribution in [1.82, 2.24) is 4.90 Å². The van der Waals surface area contributed by atoms with Gasteiger partial charge < -0.3 is 14.7 Å². The lowest BCUT2D eigenvalue weighted by molar-refractivity contribution is -0.139. The molecule has 1 aromatic carbocycles. The van der Waals surface area contributed by atoms with E-state index in [4.69, 9.17) is 9.84 Å². The molecule has 1 aromatic rings. The monoisotopic (exact) mass is 289 g/mol. The Balaban J connectivity index is 1.45. The average molecular weight is 289 g/mol. The fraction of sp³-hybridized carbons (Fsp3) is 0.588. The zero-order valence-electron chi connectivity index (χ0n) is 12.7. The SMILES string of the molecule is COc1ccc(CCC(C)N2C[C@@H]3C(C(=O)O)[C@@H]3C2)cc1. The highest BCUT2D eigenvalue weighted by atomic mass is 16.5. The van der Waals surface area contributed by atoms with Gasteiger partial charge in [0, 0.05) is 19.1 Å². The van der Waals surface area contributed by atoms with Gasteiger partial charge in [-0.2, -0.15) is 0 Å². The van der Waals surface area contributed by atoms with Crippen molar-refractivity contribution in [2.24, 2.45) is 17.8 Å². The Morgan fingerprint density at radius 3 is 2.48 bits per heavy atom. The summed E-state index contributed by atoms with van der Waals surface area (Å²) in [5.74, 6) is 1.05. The van der Waals surface area contributed by atoms with Gasteiger partial charge in [-0.1, -0.05) is 12.1 Å². The molecule has 2 fully saturated rings. The second-order valence-electron chi connectivity index (χ2n) is 6.38. The number of aliphatic carboxylic acids is 1. The fourth-order valence-corrected chi connectivity index (χ4v) is 3.64. The normalized spacial score (nSPS) is 29.0. The zero-order chi connectivity index (χ0) is 15.0. The van der Waals surface area contributed by atoms with Crippen molar-refractivity contribution in [2.45, 2.75) is 25.8 Å². The number of rotatable bonds is 6. The molecule has 3 rings (SSSR count). The Labute approximate surface area is 125 Å². The first-order valence-electron chi connectivity index (χ1n) is 7.70. The first-order valence-corrected chi connectivity index (χ1v) is 7.70. The van der Waals surface area contributed by atoms with Gasteiger partial charge in [-0.3, -0.25) is 4.79 Å². The van der Waals surface area contributed by atoms with Gasteiger partial charge in [0.15, 0.2) is 0 Å². The van der Waals surface area contributed by atoms with E-state index < -0.39 is 5.97 Å². The zero-order valence-corrected chi connectivity index (χ0v) is 12.7. The van der Waals surface area contributed by atoms with E-state index in [0.29, 0.717) is 17.9 Å². The molecular formula is C17H23NO3. The van der Waals surface area contributed by atoms with Crippen LogP contribution >= 0.6 is 0 Å². The summed E-state index contributed by atoms with van der Waals surface area (Å²) >= 11 is 0. The Bertz CT molecular complexity index is 501. The summed E-state index contributed by atoms with van der Waals surface area (Å²) in [5.41, 5.74) is 1.33. The van der Waals surface area contributed by atoms with E-state index in [9.17, 15) is 4.79 Å². The van der Waals surface area contributed by atoms with Crippen molar-refractivity contribution < 1.29 is 14.6 Å². The average Bonchev–Trinajstić information content (AvgIpc) is 3.01. The molecular weight excluding hydrogens is 266 g/mol. The number of carboxylic acids is 1. The standard InChI is InChI=1S/C17H23NO3/c1-11(3-4-12-5-7-13(21-2)8-6-12)18-9-14-15(10-18)16(14)17(19)20/h5-8,11,14-16H,3-4,9-10H2,1-2H3,(H,19,20)/t11?,14-,15+,16?. The van der Waals surface area contributed by atoms with Crippen LogP contribution < -0.4 is 4.74 Å². The van der Waals surface area contributed by atoms with Crippen LogP contribution in [0.1, 0.15) is 18.9 Å². The van der Waals surface area contributed by atoms with Gasteiger partial charge in [0.05, 0.1) is 13.0 Å². The van der Waals surface area contributed by atoms with Crippen molar-refractivity contribution in [1.29, 1.82) is 0 Å². The third-order valence-electron chi connectivity index (χ3n) is 5.14. The highest BCUT2D eigenvalue weighted by molar-refractivity contribution is 5.74. The quantitative estimate of drug-likeness (QED) is 0.873. The van der Waals surface area contributed by atoms with Gasteiger partial charge in [0.2, 0.25) is 0 Å². The van der Waals surface area contributed by atoms with Crippen LogP contribution in [0, 0.1) is 17.8 Å². The van der Waals surface area contributed by atoms with Gasteiger partial charge in [0.1, 0.15) is 5.75 Å². The predicted octanol–water partition coefficient (Wildman–Crippen LogP) is 2.28. The highest BCUT2D eigenvalue weighted by Crippen LogP contribution is 2.52. The molecule has 1 saturated carbocycles. The molecule has 0 aromatic heterocycles. The number of ether oxygens (including phenoxy) is 1. The molecule has 21 heavy (non-hydrogen) atoms. The molecule has 4 atom stereocenters. The fourth-order valence-electron chi connectivity index (χ4n) is 3.64.